The summed E-state index contributed by atoms with van der Waals surface area (Å²) in [4.78, 5) is 23.6. The van der Waals surface area contributed by atoms with Gasteiger partial charge in [-0.25, -0.2) is 14.8 Å². The molecular weight excluding hydrogens is 441 g/mol. The number of methoxy groups -OCH3 is 1. The Hall–Kier alpha value is -2.13. The number of rotatable bonds is 8. The number of carbonyl (C=O) groups excluding carboxylic acids is 1. The molecule has 0 spiro atoms. The zero-order valence-electron chi connectivity index (χ0n) is 17.6. The molecule has 0 bridgehead atoms. The van der Waals surface area contributed by atoms with Crippen molar-refractivity contribution in [2.45, 2.75) is 38.4 Å². The molecule has 8 nitrogen and oxygen atoms in total. The Kier molecular flexibility index (Phi) is 8.31. The predicted molar refractivity (Wildman–Crippen MR) is 121 cm³/mol. The number of urea groups is 1. The first-order valence-corrected chi connectivity index (χ1v) is 10.9. The number of aromatic nitrogens is 2. The molecule has 10 heteroatoms. The molecule has 2 amide bonds. The van der Waals surface area contributed by atoms with Crippen LogP contribution in [0.3, 0.4) is 0 Å². The van der Waals surface area contributed by atoms with Crippen LogP contribution in [0.1, 0.15) is 36.2 Å². The maximum Gasteiger partial charge on any atom is 0.318 e. The molecule has 1 aliphatic rings. The lowest BCUT2D eigenvalue weighted by Gasteiger charge is -2.30. The van der Waals surface area contributed by atoms with Crippen molar-refractivity contribution in [3.05, 3.63) is 51.3 Å². The van der Waals surface area contributed by atoms with Crippen LogP contribution in [0.4, 0.5) is 10.7 Å². The first kappa shape index (κ1) is 23.5. The van der Waals surface area contributed by atoms with E-state index in [1.165, 1.54) is 0 Å². The molecule has 0 fully saturated rings. The van der Waals surface area contributed by atoms with Crippen molar-refractivity contribution in [3.63, 3.8) is 0 Å². The number of halogens is 2. The summed E-state index contributed by atoms with van der Waals surface area (Å²) in [5, 5.41) is 16.3. The summed E-state index contributed by atoms with van der Waals surface area (Å²) in [5.41, 5.74) is 2.68. The van der Waals surface area contributed by atoms with Gasteiger partial charge < -0.3 is 25.4 Å². The molecule has 1 aromatic carbocycles. The molecule has 0 saturated heterocycles. The summed E-state index contributed by atoms with van der Waals surface area (Å²) in [6, 6.07) is 4.73. The van der Waals surface area contributed by atoms with Gasteiger partial charge in [0.25, 0.3) is 0 Å². The molecule has 1 aromatic heterocycles. The Labute approximate surface area is 191 Å². The van der Waals surface area contributed by atoms with Crippen molar-refractivity contribution in [3.8, 4) is 0 Å². The standard InChI is InChI=1S/C21H27Cl2N5O3/c1-13(12-29)25-20-24-10-15-5-7-28(11-19(15)26-20)21(30)27-18(6-8-31-2)14-3-4-16(22)17(23)9-14/h3-4,9-10,13,18,29H,5-8,11-12H2,1-2H3,(H,27,30)(H,24,25,26)/t13-,18+/m0/s1. The summed E-state index contributed by atoms with van der Waals surface area (Å²) in [7, 11) is 1.62. The highest BCUT2D eigenvalue weighted by molar-refractivity contribution is 6.42. The number of anilines is 1. The van der Waals surface area contributed by atoms with Gasteiger partial charge in [-0.15, -0.1) is 0 Å². The van der Waals surface area contributed by atoms with Gasteiger partial charge in [0.2, 0.25) is 5.95 Å². The quantitative estimate of drug-likeness (QED) is 0.549. The van der Waals surface area contributed by atoms with Crippen LogP contribution >= 0.6 is 23.2 Å². The van der Waals surface area contributed by atoms with Gasteiger partial charge in [0.1, 0.15) is 0 Å². The van der Waals surface area contributed by atoms with Gasteiger partial charge in [-0.3, -0.25) is 0 Å². The van der Waals surface area contributed by atoms with Crippen LogP contribution < -0.4 is 10.6 Å². The highest BCUT2D eigenvalue weighted by Gasteiger charge is 2.25. The fourth-order valence-electron chi connectivity index (χ4n) is 3.34. The largest absolute Gasteiger partial charge is 0.394 e. The molecule has 0 radical (unpaired) electrons. The minimum atomic E-state index is -0.267. The molecule has 3 rings (SSSR count). The van der Waals surface area contributed by atoms with Crippen LogP contribution in [0.5, 0.6) is 0 Å². The number of fused-ring (bicyclic) bond motifs is 1. The van der Waals surface area contributed by atoms with Gasteiger partial charge in [-0.2, -0.15) is 0 Å². The number of benzene rings is 1. The fraction of sp³-hybridized carbons (Fsp3) is 0.476. The molecule has 2 aromatic rings. The van der Waals surface area contributed by atoms with E-state index in [0.717, 1.165) is 16.8 Å². The number of aliphatic hydroxyl groups is 1. The smallest absolute Gasteiger partial charge is 0.318 e. The van der Waals surface area contributed by atoms with E-state index in [2.05, 4.69) is 20.6 Å². The van der Waals surface area contributed by atoms with Crippen molar-refractivity contribution in [2.75, 3.05) is 32.2 Å². The van der Waals surface area contributed by atoms with Gasteiger partial charge >= 0.3 is 6.03 Å². The summed E-state index contributed by atoms with van der Waals surface area (Å²) in [5.74, 6) is 0.441. The maximum absolute atomic E-state index is 13.0. The van der Waals surface area contributed by atoms with E-state index < -0.39 is 0 Å². The molecule has 0 unspecified atom stereocenters. The highest BCUT2D eigenvalue weighted by Crippen LogP contribution is 2.27. The SMILES string of the molecule is COCC[C@@H](NC(=O)N1CCc2cnc(N[C@@H](C)CO)nc2C1)c1ccc(Cl)c(Cl)c1. The first-order chi connectivity index (χ1) is 14.9. The third-order valence-corrected chi connectivity index (χ3v) is 5.88. The molecule has 0 saturated carbocycles. The Morgan fingerprint density at radius 1 is 1.35 bits per heavy atom. The molecule has 3 N–H and O–H groups in total. The van der Waals surface area contributed by atoms with Gasteiger partial charge in [0.15, 0.2) is 0 Å². The second-order valence-corrected chi connectivity index (χ2v) is 8.34. The van der Waals surface area contributed by atoms with E-state index in [1.807, 2.05) is 13.0 Å². The van der Waals surface area contributed by atoms with Crippen LogP contribution in [0.25, 0.3) is 0 Å². The number of amides is 2. The second-order valence-electron chi connectivity index (χ2n) is 7.52. The molecule has 1 aliphatic heterocycles. The number of nitrogens with zero attached hydrogens (tertiary/aromatic N) is 3. The zero-order valence-corrected chi connectivity index (χ0v) is 19.1. The van der Waals surface area contributed by atoms with Crippen molar-refractivity contribution in [1.29, 1.82) is 0 Å². The van der Waals surface area contributed by atoms with E-state index >= 15 is 0 Å². The molecule has 2 heterocycles. The number of ether oxygens (including phenoxy) is 1. The normalized spacial score (nSPS) is 15.2. The van der Waals surface area contributed by atoms with Crippen LogP contribution in [0, 0.1) is 0 Å². The minimum Gasteiger partial charge on any atom is -0.394 e. The second kappa shape index (κ2) is 10.9. The number of hydrogen-bond acceptors (Lipinski definition) is 6. The third kappa shape index (κ3) is 6.20. The summed E-state index contributed by atoms with van der Waals surface area (Å²) in [6.45, 7) is 3.25. The van der Waals surface area contributed by atoms with Crippen molar-refractivity contribution in [2.24, 2.45) is 0 Å². The molecule has 31 heavy (non-hydrogen) atoms. The number of nitrogens with one attached hydrogen (secondary N) is 2. The van der Waals surface area contributed by atoms with Crippen LogP contribution in [0.15, 0.2) is 24.4 Å². The van der Waals surface area contributed by atoms with E-state index in [-0.39, 0.29) is 24.7 Å². The molecule has 168 valence electrons. The van der Waals surface area contributed by atoms with E-state index in [9.17, 15) is 9.90 Å². The Bertz CT molecular complexity index is 915. The Morgan fingerprint density at radius 3 is 2.87 bits per heavy atom. The fourth-order valence-corrected chi connectivity index (χ4v) is 3.65. The van der Waals surface area contributed by atoms with E-state index in [1.54, 1.807) is 30.3 Å². The average molecular weight is 468 g/mol. The minimum absolute atomic E-state index is 0.0213. The Morgan fingerprint density at radius 2 is 2.16 bits per heavy atom. The van der Waals surface area contributed by atoms with Gasteiger partial charge in [0, 0.05) is 32.5 Å². The first-order valence-electron chi connectivity index (χ1n) is 10.1. The lowest BCUT2D eigenvalue weighted by molar-refractivity contribution is 0.169. The maximum atomic E-state index is 13.0. The number of hydrogen-bond donors (Lipinski definition) is 3. The summed E-state index contributed by atoms with van der Waals surface area (Å²) in [6.07, 6.45) is 3.05. The van der Waals surface area contributed by atoms with E-state index in [0.29, 0.717) is 48.5 Å². The topological polar surface area (TPSA) is 99.6 Å². The van der Waals surface area contributed by atoms with Crippen molar-refractivity contribution < 1.29 is 14.6 Å². The third-order valence-electron chi connectivity index (χ3n) is 5.14. The van der Waals surface area contributed by atoms with Gasteiger partial charge in [-0.1, -0.05) is 29.3 Å². The monoisotopic (exact) mass is 467 g/mol. The zero-order chi connectivity index (χ0) is 22.4. The van der Waals surface area contributed by atoms with E-state index in [4.69, 9.17) is 27.9 Å². The van der Waals surface area contributed by atoms with Crippen LogP contribution in [-0.4, -0.2) is 58.9 Å². The van der Waals surface area contributed by atoms with Gasteiger partial charge in [0.05, 0.1) is 34.9 Å². The van der Waals surface area contributed by atoms with Gasteiger partial charge in [-0.05, 0) is 43.0 Å². The lowest BCUT2D eigenvalue weighted by Crippen LogP contribution is -2.44. The Balaban J connectivity index is 1.71. The number of aliphatic hydroxyl groups excluding tert-OH is 1. The highest BCUT2D eigenvalue weighted by atomic mass is 35.5. The number of carbonyl (C=O) groups is 1. The molecular formula is C21H27Cl2N5O3. The van der Waals surface area contributed by atoms with Crippen molar-refractivity contribution >= 4 is 35.2 Å². The lowest BCUT2D eigenvalue weighted by atomic mass is 10.0. The van der Waals surface area contributed by atoms with Crippen LogP contribution in [-0.2, 0) is 17.7 Å². The average Bonchev–Trinajstić information content (AvgIpc) is 2.77. The molecule has 0 aliphatic carbocycles. The predicted octanol–water partition coefficient (Wildman–Crippen LogP) is 3.42. The van der Waals surface area contributed by atoms with Crippen molar-refractivity contribution in [1.82, 2.24) is 20.2 Å². The molecule has 2 atom stereocenters. The summed E-state index contributed by atoms with van der Waals surface area (Å²) < 4.78 is 5.21. The summed E-state index contributed by atoms with van der Waals surface area (Å²) >= 11 is 12.2. The van der Waals surface area contributed by atoms with Crippen LogP contribution in [0.2, 0.25) is 10.0 Å².